The van der Waals surface area contributed by atoms with Crippen LogP contribution in [0.4, 0.5) is 11.4 Å². The van der Waals surface area contributed by atoms with E-state index in [1.54, 1.807) is 84.9 Å². The number of fused-ring (bicyclic) bond motifs is 9. The summed E-state index contributed by atoms with van der Waals surface area (Å²) < 4.78 is 5.18. The second kappa shape index (κ2) is 10.9. The van der Waals surface area contributed by atoms with Gasteiger partial charge < -0.3 is 5.32 Å². The average Bonchev–Trinajstić information content (AvgIpc) is 3.65. The number of hydrogen-bond donors (Lipinski definition) is 2. The van der Waals surface area contributed by atoms with Gasteiger partial charge in [0.1, 0.15) is 5.56 Å². The van der Waals surface area contributed by atoms with Crippen molar-refractivity contribution in [1.29, 1.82) is 0 Å². The number of carbonyl (C=O) groups is 6. The Hall–Kier alpha value is -6.69. The van der Waals surface area contributed by atoms with E-state index in [4.69, 9.17) is 0 Å². The predicted molar refractivity (Wildman–Crippen MR) is 203 cm³/mol. The molecular weight excluding hydrogens is 719 g/mol. The topological polar surface area (TPSA) is 141 Å². The Morgan fingerprint density at radius 2 is 1.28 bits per heavy atom. The molecule has 0 saturated carbocycles. The quantitative estimate of drug-likeness (QED) is 0.206. The van der Waals surface area contributed by atoms with Crippen LogP contribution in [0.25, 0.3) is 21.3 Å². The molecule has 2 N–H and O–H groups in total. The van der Waals surface area contributed by atoms with Crippen LogP contribution >= 0.6 is 23.3 Å². The number of aromatic nitrogens is 1. The van der Waals surface area contributed by atoms with Crippen LogP contribution in [0.5, 0.6) is 0 Å². The molecule has 11 rings (SSSR count). The number of thioether (sulfide) groups is 1. The number of carbonyl (C=O) groups excluding carboxylic acids is 6. The molecule has 0 saturated heterocycles. The minimum Gasteiger partial charge on any atom is -0.321 e. The molecule has 5 aliphatic rings. The normalized spacial score (nSPS) is 16.0. The zero-order chi connectivity index (χ0) is 36.6. The lowest BCUT2D eigenvalue weighted by molar-refractivity contribution is -0.358. The van der Waals surface area contributed by atoms with Crippen LogP contribution in [-0.4, -0.2) is 44.9 Å². The number of anilines is 1. The third kappa shape index (κ3) is 3.99. The van der Waals surface area contributed by atoms with Crippen molar-refractivity contribution in [1.82, 2.24) is 4.37 Å². The van der Waals surface area contributed by atoms with Crippen molar-refractivity contribution in [2.24, 2.45) is 0 Å². The molecule has 54 heavy (non-hydrogen) atoms. The first-order valence-electron chi connectivity index (χ1n) is 17.0. The summed E-state index contributed by atoms with van der Waals surface area (Å²) in [5, 5.41) is 3.54. The fraction of sp³-hybridized carbons (Fsp3) is 0.0233. The third-order valence-electron chi connectivity index (χ3n) is 10.6. The molecular formula is C43H20N3O6S2+. The first kappa shape index (κ1) is 30.9. The number of rotatable bonds is 2. The third-order valence-corrected chi connectivity index (χ3v) is 12.7. The Morgan fingerprint density at radius 3 is 1.98 bits per heavy atom. The van der Waals surface area contributed by atoms with Crippen molar-refractivity contribution in [3.05, 3.63) is 163 Å². The van der Waals surface area contributed by atoms with Gasteiger partial charge in [-0.25, -0.2) is 4.99 Å². The number of ketones is 5. The number of amides is 1. The van der Waals surface area contributed by atoms with E-state index in [0.29, 0.717) is 76.8 Å². The lowest BCUT2D eigenvalue weighted by Crippen LogP contribution is -2.69. The van der Waals surface area contributed by atoms with E-state index in [1.165, 1.54) is 11.8 Å². The van der Waals surface area contributed by atoms with E-state index in [-0.39, 0.29) is 62.2 Å². The summed E-state index contributed by atoms with van der Waals surface area (Å²) in [6.45, 7) is 0. The van der Waals surface area contributed by atoms with Crippen molar-refractivity contribution in [3.8, 4) is 11.3 Å². The average molecular weight is 739 g/mol. The molecule has 2 heterocycles. The van der Waals surface area contributed by atoms with E-state index in [0.717, 1.165) is 11.5 Å². The van der Waals surface area contributed by atoms with Crippen LogP contribution in [0, 0.1) is 0 Å². The number of hydrogen-bond acceptors (Lipinski definition) is 9. The summed E-state index contributed by atoms with van der Waals surface area (Å²) in [6, 6.07) is 25.4. The van der Waals surface area contributed by atoms with Crippen LogP contribution in [0.1, 0.15) is 85.3 Å². The molecule has 0 spiro atoms. The Bertz CT molecular complexity index is 3040. The van der Waals surface area contributed by atoms with Gasteiger partial charge in [0.05, 0.1) is 49.0 Å². The first-order valence-corrected chi connectivity index (χ1v) is 18.6. The Labute approximate surface area is 313 Å². The van der Waals surface area contributed by atoms with Gasteiger partial charge in [0.15, 0.2) is 28.8 Å². The molecule has 0 radical (unpaired) electrons. The summed E-state index contributed by atoms with van der Waals surface area (Å²) in [5.41, 5.74) is 5.61. The van der Waals surface area contributed by atoms with Crippen molar-refractivity contribution in [3.63, 3.8) is 0 Å². The van der Waals surface area contributed by atoms with E-state index in [1.807, 2.05) is 12.1 Å². The zero-order valence-corrected chi connectivity index (χ0v) is 29.3. The Balaban J connectivity index is 1.08. The van der Waals surface area contributed by atoms with Gasteiger partial charge in [0.25, 0.3) is 5.91 Å². The molecule has 0 fully saturated rings. The maximum Gasteiger partial charge on any atom is 0.257 e. The maximum absolute atomic E-state index is 14.4. The van der Waals surface area contributed by atoms with Crippen molar-refractivity contribution in [2.45, 2.75) is 11.3 Å². The molecule has 5 aromatic carbocycles. The minimum atomic E-state index is -0.556. The Kier molecular flexibility index (Phi) is 6.25. The lowest BCUT2D eigenvalue weighted by Gasteiger charge is -2.27. The molecule has 4 aliphatic carbocycles. The monoisotopic (exact) mass is 738 g/mol. The molecule has 11 heteroatoms. The summed E-state index contributed by atoms with van der Waals surface area (Å²) in [4.78, 5) is 88.4. The first-order chi connectivity index (χ1) is 26.3. The van der Waals surface area contributed by atoms with Crippen LogP contribution in [0.2, 0.25) is 0 Å². The summed E-state index contributed by atoms with van der Waals surface area (Å²) in [6.07, 6.45) is 2.03. The molecule has 1 aliphatic heterocycles. The highest BCUT2D eigenvalue weighted by Crippen LogP contribution is 2.48. The minimum absolute atomic E-state index is 0.0450. The summed E-state index contributed by atoms with van der Waals surface area (Å²) >= 11 is 2.33. The van der Waals surface area contributed by atoms with Crippen LogP contribution in [0.15, 0.2) is 118 Å². The molecule has 0 atom stereocenters. The van der Waals surface area contributed by atoms with E-state index in [9.17, 15) is 28.8 Å². The smallest absolute Gasteiger partial charge is 0.257 e. The fourth-order valence-corrected chi connectivity index (χ4v) is 10.3. The van der Waals surface area contributed by atoms with Crippen molar-refractivity contribution in [2.75, 3.05) is 5.32 Å². The second-order valence-electron chi connectivity index (χ2n) is 13.4. The SMILES string of the molecule is O=C1C2=CCC3=[NH+]c4c(cc(NC(=O)c5ccc6c7c(nsc57)-c5ccccc5C6=O)c5c4C(=O)c4ccccc4C5=O)SC3=C2C(=O)c2ccccc21. The largest absolute Gasteiger partial charge is 0.321 e. The van der Waals surface area contributed by atoms with Gasteiger partial charge in [-0.2, -0.15) is 4.37 Å². The van der Waals surface area contributed by atoms with Gasteiger partial charge >= 0.3 is 0 Å². The van der Waals surface area contributed by atoms with Gasteiger partial charge in [-0.3, -0.25) is 28.8 Å². The van der Waals surface area contributed by atoms with Crippen LogP contribution in [-0.2, 0) is 0 Å². The molecule has 1 amide bonds. The maximum atomic E-state index is 14.4. The second-order valence-corrected chi connectivity index (χ2v) is 15.2. The van der Waals surface area contributed by atoms with Crippen molar-refractivity contribution < 1.29 is 33.8 Å². The van der Waals surface area contributed by atoms with Gasteiger partial charge in [-0.15, -0.1) is 0 Å². The molecule has 254 valence electrons. The predicted octanol–water partition coefficient (Wildman–Crippen LogP) is 6.46. The number of nitrogens with zero attached hydrogens (tertiary/aromatic N) is 1. The van der Waals surface area contributed by atoms with E-state index in [2.05, 4.69) is 14.7 Å². The van der Waals surface area contributed by atoms with Crippen LogP contribution in [0.3, 0.4) is 0 Å². The van der Waals surface area contributed by atoms with Gasteiger partial charge in [-0.1, -0.05) is 90.6 Å². The molecule has 0 unspecified atom stereocenters. The molecule has 0 bridgehead atoms. The highest BCUT2D eigenvalue weighted by molar-refractivity contribution is 8.04. The highest BCUT2D eigenvalue weighted by atomic mass is 32.2. The van der Waals surface area contributed by atoms with Crippen LogP contribution < -0.4 is 10.3 Å². The number of allylic oxidation sites excluding steroid dienone is 4. The zero-order valence-electron chi connectivity index (χ0n) is 27.7. The van der Waals surface area contributed by atoms with Gasteiger partial charge in [0, 0.05) is 49.9 Å². The Morgan fingerprint density at radius 1 is 0.667 bits per heavy atom. The fourth-order valence-electron chi connectivity index (χ4n) is 8.14. The standard InChI is InChI=1S/C43H19N3O6S2/c47-36-19-8-2-1-7-18(19)34-30-24(36)13-14-26(41(30)54-46-34)43(52)45-28-17-29-35(33-32(28)39(50)22-11-5-6-12-23(22)40(33)51)44-27-16-15-25-31(42(27)53-29)38(49)21-10-4-3-9-20(21)37(25)48/h1-15,17H,16H2,(H,45,52)/p+1. The molecule has 1 aromatic heterocycles. The lowest BCUT2D eigenvalue weighted by atomic mass is 9.78. The van der Waals surface area contributed by atoms with E-state index < -0.39 is 11.7 Å². The number of nitrogens with one attached hydrogen (secondary N) is 2. The van der Waals surface area contributed by atoms with E-state index >= 15 is 0 Å². The summed E-state index contributed by atoms with van der Waals surface area (Å²) in [5.74, 6) is -2.03. The van der Waals surface area contributed by atoms with Crippen molar-refractivity contribution >= 4 is 85.3 Å². The van der Waals surface area contributed by atoms with Gasteiger partial charge in [0.2, 0.25) is 11.5 Å². The number of benzene rings is 5. The van der Waals surface area contributed by atoms with Gasteiger partial charge in [-0.05, 0) is 29.7 Å². The molecule has 9 nitrogen and oxygen atoms in total. The molecule has 6 aromatic rings. The highest BCUT2D eigenvalue weighted by Gasteiger charge is 2.44. The number of Topliss-reactive ketones (excluding diaryl/α,β-unsaturated/α-hetero) is 2. The summed E-state index contributed by atoms with van der Waals surface area (Å²) in [7, 11) is 0.